The molecular formula is C11H9BrN2O3S. The Labute approximate surface area is 113 Å². The van der Waals surface area contributed by atoms with Crippen LogP contribution in [-0.4, -0.2) is 14.6 Å². The lowest BCUT2D eigenvalue weighted by Crippen LogP contribution is -2.18. The van der Waals surface area contributed by atoms with E-state index in [1.807, 2.05) is 0 Å². The molecule has 1 heterocycles. The lowest BCUT2D eigenvalue weighted by atomic mass is 10.4. The Morgan fingerprint density at radius 2 is 1.94 bits per heavy atom. The van der Waals surface area contributed by atoms with Gasteiger partial charge in [-0.3, -0.25) is 0 Å². The predicted octanol–water partition coefficient (Wildman–Crippen LogP) is 2.35. The summed E-state index contributed by atoms with van der Waals surface area (Å²) in [5, 5.41) is 3.62. The molecule has 0 aliphatic heterocycles. The highest BCUT2D eigenvalue weighted by atomic mass is 79.9. The zero-order valence-electron chi connectivity index (χ0n) is 9.08. The smallest absolute Gasteiger partial charge is 0.276 e. The third kappa shape index (κ3) is 3.21. The first kappa shape index (κ1) is 12.8. The van der Waals surface area contributed by atoms with E-state index >= 15 is 0 Å². The lowest BCUT2D eigenvalue weighted by molar-refractivity contribution is 0.559. The molecule has 0 saturated carbocycles. The standard InChI is InChI=1S/C11H9BrN2O3S/c12-9-3-5-11(6-4-9)18(15,16)14-13-8-10-2-1-7-17-10/h1-8,14H/b13-8-. The van der Waals surface area contributed by atoms with E-state index in [0.717, 1.165) is 4.47 Å². The first-order chi connectivity index (χ1) is 8.58. The van der Waals surface area contributed by atoms with Gasteiger partial charge in [0, 0.05) is 4.47 Å². The molecule has 94 valence electrons. The van der Waals surface area contributed by atoms with Gasteiger partial charge in [-0.25, -0.2) is 0 Å². The maximum Gasteiger partial charge on any atom is 0.276 e. The van der Waals surface area contributed by atoms with E-state index < -0.39 is 10.0 Å². The van der Waals surface area contributed by atoms with Crippen molar-refractivity contribution < 1.29 is 12.8 Å². The second-order valence-electron chi connectivity index (χ2n) is 3.32. The maximum atomic E-state index is 11.8. The molecule has 1 N–H and O–H groups in total. The van der Waals surface area contributed by atoms with Crippen molar-refractivity contribution in [2.45, 2.75) is 4.90 Å². The average molecular weight is 329 g/mol. The van der Waals surface area contributed by atoms with Crippen LogP contribution in [0.2, 0.25) is 0 Å². The Balaban J connectivity index is 2.10. The number of hydrogen-bond donors (Lipinski definition) is 1. The fourth-order valence-corrected chi connectivity index (χ4v) is 2.25. The van der Waals surface area contributed by atoms with Crippen LogP contribution in [0, 0.1) is 0 Å². The summed E-state index contributed by atoms with van der Waals surface area (Å²) >= 11 is 3.23. The van der Waals surface area contributed by atoms with Crippen molar-refractivity contribution >= 4 is 32.2 Å². The van der Waals surface area contributed by atoms with Gasteiger partial charge in [-0.15, -0.1) is 0 Å². The molecule has 0 aliphatic rings. The Morgan fingerprint density at radius 1 is 1.22 bits per heavy atom. The van der Waals surface area contributed by atoms with Gasteiger partial charge in [0.15, 0.2) is 0 Å². The van der Waals surface area contributed by atoms with Crippen LogP contribution in [0.5, 0.6) is 0 Å². The van der Waals surface area contributed by atoms with Crippen LogP contribution in [0.15, 0.2) is 61.5 Å². The summed E-state index contributed by atoms with van der Waals surface area (Å²) in [6.07, 6.45) is 2.76. The van der Waals surface area contributed by atoms with Crippen molar-refractivity contribution in [1.82, 2.24) is 4.83 Å². The third-order valence-electron chi connectivity index (χ3n) is 2.03. The number of benzene rings is 1. The van der Waals surface area contributed by atoms with Gasteiger partial charge in [0.1, 0.15) is 5.76 Å². The van der Waals surface area contributed by atoms with Crippen LogP contribution in [0.4, 0.5) is 0 Å². The molecule has 0 amide bonds. The molecule has 0 unspecified atom stereocenters. The number of nitrogens with zero attached hydrogens (tertiary/aromatic N) is 1. The van der Waals surface area contributed by atoms with E-state index in [9.17, 15) is 8.42 Å². The van der Waals surface area contributed by atoms with E-state index in [1.165, 1.54) is 24.6 Å². The quantitative estimate of drug-likeness (QED) is 0.691. The molecule has 0 bridgehead atoms. The first-order valence-corrected chi connectivity index (χ1v) is 7.19. The van der Waals surface area contributed by atoms with Gasteiger partial charge < -0.3 is 4.42 Å². The molecule has 18 heavy (non-hydrogen) atoms. The molecule has 0 spiro atoms. The number of hydrogen-bond acceptors (Lipinski definition) is 4. The third-order valence-corrected chi connectivity index (χ3v) is 3.80. The molecule has 7 heteroatoms. The molecule has 2 rings (SSSR count). The Kier molecular flexibility index (Phi) is 3.83. The summed E-state index contributed by atoms with van der Waals surface area (Å²) in [6, 6.07) is 9.60. The highest BCUT2D eigenvalue weighted by Gasteiger charge is 2.11. The number of furan rings is 1. The van der Waals surface area contributed by atoms with E-state index in [1.54, 1.807) is 24.3 Å². The lowest BCUT2D eigenvalue weighted by Gasteiger charge is -2.02. The van der Waals surface area contributed by atoms with Crippen molar-refractivity contribution in [2.75, 3.05) is 0 Å². The Hall–Kier alpha value is -1.60. The second-order valence-corrected chi connectivity index (χ2v) is 5.90. The fourth-order valence-electron chi connectivity index (χ4n) is 1.19. The molecule has 5 nitrogen and oxygen atoms in total. The SMILES string of the molecule is O=S(=O)(N/N=C\c1ccco1)c1ccc(Br)cc1. The largest absolute Gasteiger partial charge is 0.463 e. The summed E-state index contributed by atoms with van der Waals surface area (Å²) in [5.74, 6) is 0.466. The van der Waals surface area contributed by atoms with E-state index in [-0.39, 0.29) is 4.90 Å². The van der Waals surface area contributed by atoms with Crippen molar-refractivity contribution in [3.8, 4) is 0 Å². The fraction of sp³-hybridized carbons (Fsp3) is 0. The maximum absolute atomic E-state index is 11.8. The van der Waals surface area contributed by atoms with Crippen LogP contribution in [0.3, 0.4) is 0 Å². The highest BCUT2D eigenvalue weighted by Crippen LogP contribution is 2.14. The summed E-state index contributed by atoms with van der Waals surface area (Å²) < 4.78 is 29.4. The summed E-state index contributed by atoms with van der Waals surface area (Å²) in [6.45, 7) is 0. The minimum atomic E-state index is -3.64. The Morgan fingerprint density at radius 3 is 2.56 bits per heavy atom. The molecule has 0 aliphatic carbocycles. The predicted molar refractivity (Wildman–Crippen MR) is 70.8 cm³/mol. The van der Waals surface area contributed by atoms with Gasteiger partial charge in [-0.2, -0.15) is 18.4 Å². The molecule has 0 saturated heterocycles. The van der Waals surface area contributed by atoms with Crippen molar-refractivity contribution in [2.24, 2.45) is 5.10 Å². The van der Waals surface area contributed by atoms with E-state index in [4.69, 9.17) is 4.42 Å². The van der Waals surface area contributed by atoms with Gasteiger partial charge >= 0.3 is 0 Å². The van der Waals surface area contributed by atoms with Gasteiger partial charge in [0.05, 0.1) is 17.4 Å². The van der Waals surface area contributed by atoms with Gasteiger partial charge in [0.2, 0.25) is 0 Å². The first-order valence-electron chi connectivity index (χ1n) is 4.92. The number of nitrogens with one attached hydrogen (secondary N) is 1. The zero-order chi connectivity index (χ0) is 13.0. The molecule has 0 atom stereocenters. The molecule has 0 fully saturated rings. The van der Waals surface area contributed by atoms with Crippen LogP contribution in [-0.2, 0) is 10.0 Å². The van der Waals surface area contributed by atoms with Gasteiger partial charge in [0.25, 0.3) is 10.0 Å². The van der Waals surface area contributed by atoms with Crippen molar-refractivity contribution in [1.29, 1.82) is 0 Å². The van der Waals surface area contributed by atoms with Crippen molar-refractivity contribution in [3.63, 3.8) is 0 Å². The average Bonchev–Trinajstić information content (AvgIpc) is 2.82. The van der Waals surface area contributed by atoms with Crippen LogP contribution < -0.4 is 4.83 Å². The summed E-state index contributed by atoms with van der Waals surface area (Å²) in [7, 11) is -3.64. The van der Waals surface area contributed by atoms with Crippen LogP contribution >= 0.6 is 15.9 Å². The molecule has 0 radical (unpaired) electrons. The topological polar surface area (TPSA) is 71.7 Å². The summed E-state index contributed by atoms with van der Waals surface area (Å²) in [4.78, 5) is 2.24. The van der Waals surface area contributed by atoms with E-state index in [0.29, 0.717) is 5.76 Å². The molecular weight excluding hydrogens is 320 g/mol. The Bertz CT molecular complexity index is 633. The van der Waals surface area contributed by atoms with Crippen LogP contribution in [0.25, 0.3) is 0 Å². The minimum Gasteiger partial charge on any atom is -0.463 e. The number of halogens is 1. The zero-order valence-corrected chi connectivity index (χ0v) is 11.5. The number of hydrazone groups is 1. The van der Waals surface area contributed by atoms with Gasteiger partial charge in [-0.05, 0) is 36.4 Å². The minimum absolute atomic E-state index is 0.141. The highest BCUT2D eigenvalue weighted by molar-refractivity contribution is 9.10. The molecule has 1 aromatic carbocycles. The number of sulfonamides is 1. The van der Waals surface area contributed by atoms with Gasteiger partial charge in [-0.1, -0.05) is 15.9 Å². The van der Waals surface area contributed by atoms with Crippen molar-refractivity contribution in [3.05, 3.63) is 52.9 Å². The molecule has 1 aromatic heterocycles. The normalized spacial score (nSPS) is 11.8. The van der Waals surface area contributed by atoms with Crippen LogP contribution in [0.1, 0.15) is 5.76 Å². The van der Waals surface area contributed by atoms with E-state index in [2.05, 4.69) is 25.9 Å². The summed E-state index contributed by atoms with van der Waals surface area (Å²) in [5.41, 5.74) is 0. The second kappa shape index (κ2) is 5.36. The monoisotopic (exact) mass is 328 g/mol. The molecule has 2 aromatic rings. The number of rotatable bonds is 4.